The number of methoxy groups -OCH3 is 1. The van der Waals surface area contributed by atoms with Crippen molar-refractivity contribution in [3.05, 3.63) is 23.3 Å². The number of benzene rings is 1. The summed E-state index contributed by atoms with van der Waals surface area (Å²) in [4.78, 5) is 2.34. The monoisotopic (exact) mass is 275 g/mol. The van der Waals surface area contributed by atoms with Gasteiger partial charge in [0.1, 0.15) is 0 Å². The highest BCUT2D eigenvalue weighted by Crippen LogP contribution is 2.38. The van der Waals surface area contributed by atoms with E-state index in [2.05, 4.69) is 23.2 Å². The van der Waals surface area contributed by atoms with E-state index in [1.165, 1.54) is 7.11 Å². The molecule has 5 heteroatoms. The third-order valence-corrected chi connectivity index (χ3v) is 3.79. The first-order chi connectivity index (χ1) is 9.71. The van der Waals surface area contributed by atoms with Crippen LogP contribution in [0, 0.1) is 11.3 Å². The molecule has 0 aliphatic carbocycles. The predicted molar refractivity (Wildman–Crippen MR) is 76.8 cm³/mol. The Bertz CT molecular complexity index is 505. The molecule has 0 spiro atoms. The smallest absolute Gasteiger partial charge is 0.162 e. The van der Waals surface area contributed by atoms with Crippen LogP contribution in [0.5, 0.6) is 11.5 Å². The fourth-order valence-electron chi connectivity index (χ4n) is 2.77. The number of phenolic OH excluding ortho intramolecular Hbond substituents is 1. The van der Waals surface area contributed by atoms with Crippen LogP contribution in [0.25, 0.3) is 0 Å². The van der Waals surface area contributed by atoms with E-state index in [9.17, 15) is 5.11 Å². The summed E-state index contributed by atoms with van der Waals surface area (Å²) in [5.41, 5.74) is 1.30. The highest BCUT2D eigenvalue weighted by atomic mass is 16.5. The van der Waals surface area contributed by atoms with Gasteiger partial charge in [-0.2, -0.15) is 5.26 Å². The number of hydrogen-bond donors (Lipinski definition) is 2. The Morgan fingerprint density at radius 1 is 1.45 bits per heavy atom. The minimum Gasteiger partial charge on any atom is -0.504 e. The lowest BCUT2D eigenvalue weighted by atomic mass is 9.98. The topological polar surface area (TPSA) is 68.5 Å². The van der Waals surface area contributed by atoms with Gasteiger partial charge in [-0.3, -0.25) is 4.90 Å². The third-order valence-electron chi connectivity index (χ3n) is 3.79. The molecule has 0 radical (unpaired) electrons. The van der Waals surface area contributed by atoms with Gasteiger partial charge in [-0.1, -0.05) is 6.92 Å². The summed E-state index contributed by atoms with van der Waals surface area (Å²) in [5.74, 6) is 0.518. The molecule has 1 aliphatic heterocycles. The molecule has 0 bridgehead atoms. The summed E-state index contributed by atoms with van der Waals surface area (Å²) in [7, 11) is 1.51. The molecular formula is C15H21N3O2. The van der Waals surface area contributed by atoms with Gasteiger partial charge >= 0.3 is 0 Å². The van der Waals surface area contributed by atoms with Gasteiger partial charge in [0, 0.05) is 43.9 Å². The van der Waals surface area contributed by atoms with Crippen LogP contribution in [-0.2, 0) is 0 Å². The van der Waals surface area contributed by atoms with Crippen molar-refractivity contribution in [2.24, 2.45) is 0 Å². The van der Waals surface area contributed by atoms with Crippen molar-refractivity contribution >= 4 is 0 Å². The lowest BCUT2D eigenvalue weighted by Gasteiger charge is -2.35. The minimum absolute atomic E-state index is 0.110. The molecule has 20 heavy (non-hydrogen) atoms. The van der Waals surface area contributed by atoms with Crippen LogP contribution in [0.2, 0.25) is 0 Å². The number of aromatic hydroxyl groups is 1. The number of rotatable bonds is 4. The van der Waals surface area contributed by atoms with Crippen molar-refractivity contribution in [3.63, 3.8) is 0 Å². The van der Waals surface area contributed by atoms with Gasteiger partial charge in [0.15, 0.2) is 11.5 Å². The SMILES string of the molecule is CC[C@@H](c1cc(C#N)cc(OC)c1O)N1CCNCC1. The third kappa shape index (κ3) is 2.87. The van der Waals surface area contributed by atoms with Crippen LogP contribution in [0.15, 0.2) is 12.1 Å². The molecule has 1 aliphatic rings. The molecule has 0 aromatic heterocycles. The first kappa shape index (κ1) is 14.6. The van der Waals surface area contributed by atoms with Crippen LogP contribution in [0.4, 0.5) is 0 Å². The molecule has 1 aromatic rings. The molecule has 1 fully saturated rings. The molecule has 1 heterocycles. The van der Waals surface area contributed by atoms with Crippen molar-refractivity contribution in [3.8, 4) is 17.6 Å². The van der Waals surface area contributed by atoms with E-state index < -0.39 is 0 Å². The second kappa shape index (κ2) is 6.60. The van der Waals surface area contributed by atoms with Gasteiger partial charge in [-0.05, 0) is 12.5 Å². The van der Waals surface area contributed by atoms with E-state index in [1.807, 2.05) is 0 Å². The number of nitriles is 1. The van der Waals surface area contributed by atoms with Crippen molar-refractivity contribution in [2.75, 3.05) is 33.3 Å². The highest BCUT2D eigenvalue weighted by molar-refractivity contribution is 5.52. The fraction of sp³-hybridized carbons (Fsp3) is 0.533. The van der Waals surface area contributed by atoms with Crippen LogP contribution in [-0.4, -0.2) is 43.3 Å². The largest absolute Gasteiger partial charge is 0.504 e. The molecule has 2 N–H and O–H groups in total. The lowest BCUT2D eigenvalue weighted by Crippen LogP contribution is -2.45. The van der Waals surface area contributed by atoms with Crippen molar-refractivity contribution in [1.82, 2.24) is 10.2 Å². The van der Waals surface area contributed by atoms with Crippen LogP contribution in [0.3, 0.4) is 0 Å². The van der Waals surface area contributed by atoms with E-state index in [1.54, 1.807) is 12.1 Å². The molecule has 0 saturated carbocycles. The zero-order valence-corrected chi connectivity index (χ0v) is 12.0. The molecule has 0 unspecified atom stereocenters. The number of piperazine rings is 1. The summed E-state index contributed by atoms with van der Waals surface area (Å²) < 4.78 is 5.18. The summed E-state index contributed by atoms with van der Waals surface area (Å²) in [6, 6.07) is 5.58. The Morgan fingerprint density at radius 3 is 2.70 bits per heavy atom. The van der Waals surface area contributed by atoms with Gasteiger partial charge < -0.3 is 15.2 Å². The molecule has 108 valence electrons. The normalized spacial score (nSPS) is 17.4. The predicted octanol–water partition coefficient (Wildman–Crippen LogP) is 1.63. The maximum atomic E-state index is 10.4. The highest BCUT2D eigenvalue weighted by Gasteiger charge is 2.25. The Labute approximate surface area is 119 Å². The van der Waals surface area contributed by atoms with Crippen molar-refractivity contribution < 1.29 is 9.84 Å². The van der Waals surface area contributed by atoms with Gasteiger partial charge in [-0.25, -0.2) is 0 Å². The maximum Gasteiger partial charge on any atom is 0.162 e. The minimum atomic E-state index is 0.110. The fourth-order valence-corrected chi connectivity index (χ4v) is 2.77. The Morgan fingerprint density at radius 2 is 2.15 bits per heavy atom. The van der Waals surface area contributed by atoms with Gasteiger partial charge in [0.05, 0.1) is 18.7 Å². The first-order valence-electron chi connectivity index (χ1n) is 6.97. The summed E-state index contributed by atoms with van der Waals surface area (Å²) >= 11 is 0. The average molecular weight is 275 g/mol. The summed E-state index contributed by atoms with van der Waals surface area (Å²) in [6.07, 6.45) is 0.881. The maximum absolute atomic E-state index is 10.4. The Kier molecular flexibility index (Phi) is 4.83. The molecule has 1 saturated heterocycles. The Balaban J connectivity index is 2.40. The van der Waals surface area contributed by atoms with Crippen molar-refractivity contribution in [2.45, 2.75) is 19.4 Å². The second-order valence-corrected chi connectivity index (χ2v) is 4.94. The molecular weight excluding hydrogens is 254 g/mol. The zero-order chi connectivity index (χ0) is 14.5. The number of hydrogen-bond acceptors (Lipinski definition) is 5. The van der Waals surface area contributed by atoms with E-state index in [-0.39, 0.29) is 11.8 Å². The number of nitrogens with zero attached hydrogens (tertiary/aromatic N) is 2. The molecule has 2 rings (SSSR count). The van der Waals surface area contributed by atoms with Crippen LogP contribution >= 0.6 is 0 Å². The second-order valence-electron chi connectivity index (χ2n) is 4.94. The van der Waals surface area contributed by atoms with E-state index >= 15 is 0 Å². The van der Waals surface area contributed by atoms with E-state index in [0.29, 0.717) is 11.3 Å². The molecule has 0 amide bonds. The van der Waals surface area contributed by atoms with E-state index in [4.69, 9.17) is 10.00 Å². The summed E-state index contributed by atoms with van der Waals surface area (Å²) in [5, 5.41) is 22.8. The van der Waals surface area contributed by atoms with Gasteiger partial charge in [0.2, 0.25) is 0 Å². The van der Waals surface area contributed by atoms with Gasteiger partial charge in [0.25, 0.3) is 0 Å². The molecule has 1 aromatic carbocycles. The first-order valence-corrected chi connectivity index (χ1v) is 6.97. The lowest BCUT2D eigenvalue weighted by molar-refractivity contribution is 0.166. The quantitative estimate of drug-likeness (QED) is 0.874. The zero-order valence-electron chi connectivity index (χ0n) is 12.0. The summed E-state index contributed by atoms with van der Waals surface area (Å²) in [6.45, 7) is 5.88. The van der Waals surface area contributed by atoms with Gasteiger partial charge in [-0.15, -0.1) is 0 Å². The number of phenols is 1. The number of ether oxygens (including phenoxy) is 1. The van der Waals surface area contributed by atoms with Crippen LogP contribution < -0.4 is 10.1 Å². The molecule has 5 nitrogen and oxygen atoms in total. The average Bonchev–Trinajstić information content (AvgIpc) is 2.50. The van der Waals surface area contributed by atoms with Crippen LogP contribution in [0.1, 0.15) is 30.5 Å². The van der Waals surface area contributed by atoms with E-state index in [0.717, 1.165) is 38.2 Å². The number of nitrogens with one attached hydrogen (secondary N) is 1. The standard InChI is InChI=1S/C15H21N3O2/c1-3-13(18-6-4-17-5-7-18)12-8-11(10-16)9-14(20-2)15(12)19/h8-9,13,17,19H,3-7H2,1-2H3/t13-/m0/s1. The molecule has 1 atom stereocenters. The van der Waals surface area contributed by atoms with Crippen molar-refractivity contribution in [1.29, 1.82) is 5.26 Å². The Hall–Kier alpha value is -1.77.